The summed E-state index contributed by atoms with van der Waals surface area (Å²) in [5.74, 6) is -0.366. The number of nitrogens with zero attached hydrogens (tertiary/aromatic N) is 1. The molecule has 1 heterocycles. The number of pyridine rings is 1. The molecule has 0 aliphatic carbocycles. The quantitative estimate of drug-likeness (QED) is 0.794. The molecular weight excluding hydrogens is 324 g/mol. The minimum atomic E-state index is -3.36. The van der Waals surface area contributed by atoms with E-state index in [2.05, 4.69) is 10.3 Å². The van der Waals surface area contributed by atoms with Crippen molar-refractivity contribution >= 4 is 32.3 Å². The zero-order valence-corrected chi connectivity index (χ0v) is 14.1. The number of benzene rings is 2. The topological polar surface area (TPSA) is 76.1 Å². The number of amides is 1. The van der Waals surface area contributed by atoms with Crippen molar-refractivity contribution < 1.29 is 13.2 Å². The molecule has 1 aromatic heterocycles. The molecule has 1 N–H and O–H groups in total. The van der Waals surface area contributed by atoms with E-state index in [1.807, 2.05) is 31.2 Å². The number of carbonyl (C=O) groups is 1. The van der Waals surface area contributed by atoms with Crippen LogP contribution in [0, 0.1) is 6.92 Å². The van der Waals surface area contributed by atoms with Gasteiger partial charge in [-0.3, -0.25) is 9.78 Å². The lowest BCUT2D eigenvalue weighted by Gasteiger charge is -2.10. The molecule has 1 amide bonds. The SMILES string of the molecule is Cc1ccc(NC(=O)c2cccc(S(C)(=O)=O)c2)c2cccnc12. The van der Waals surface area contributed by atoms with Gasteiger partial charge >= 0.3 is 0 Å². The van der Waals surface area contributed by atoms with Crippen LogP contribution in [0.5, 0.6) is 0 Å². The van der Waals surface area contributed by atoms with Gasteiger partial charge in [0.2, 0.25) is 0 Å². The number of carbonyl (C=O) groups excluding carboxylic acids is 1. The van der Waals surface area contributed by atoms with E-state index < -0.39 is 9.84 Å². The highest BCUT2D eigenvalue weighted by molar-refractivity contribution is 7.90. The molecule has 0 saturated carbocycles. The number of fused-ring (bicyclic) bond motifs is 1. The Balaban J connectivity index is 1.98. The second kappa shape index (κ2) is 6.05. The van der Waals surface area contributed by atoms with Crippen LogP contribution >= 0.6 is 0 Å². The number of hydrogen-bond acceptors (Lipinski definition) is 4. The van der Waals surface area contributed by atoms with Gasteiger partial charge in [-0.1, -0.05) is 12.1 Å². The minimum Gasteiger partial charge on any atom is -0.321 e. The van der Waals surface area contributed by atoms with Gasteiger partial charge in [-0.05, 0) is 48.9 Å². The fraction of sp³-hybridized carbons (Fsp3) is 0.111. The fourth-order valence-electron chi connectivity index (χ4n) is 2.49. The van der Waals surface area contributed by atoms with E-state index in [0.717, 1.165) is 22.7 Å². The van der Waals surface area contributed by atoms with E-state index in [-0.39, 0.29) is 16.4 Å². The summed E-state index contributed by atoms with van der Waals surface area (Å²) in [6, 6.07) is 13.4. The monoisotopic (exact) mass is 340 g/mol. The van der Waals surface area contributed by atoms with Crippen molar-refractivity contribution in [2.45, 2.75) is 11.8 Å². The van der Waals surface area contributed by atoms with E-state index in [1.54, 1.807) is 18.3 Å². The number of rotatable bonds is 3. The summed E-state index contributed by atoms with van der Waals surface area (Å²) in [6.45, 7) is 1.95. The largest absolute Gasteiger partial charge is 0.321 e. The van der Waals surface area contributed by atoms with Crippen molar-refractivity contribution in [1.82, 2.24) is 4.98 Å². The van der Waals surface area contributed by atoms with Crippen LogP contribution in [0.4, 0.5) is 5.69 Å². The Morgan fingerprint density at radius 1 is 1.08 bits per heavy atom. The molecule has 0 atom stereocenters. The highest BCUT2D eigenvalue weighted by Crippen LogP contribution is 2.25. The first-order valence-corrected chi connectivity index (χ1v) is 9.21. The number of sulfone groups is 1. The maximum Gasteiger partial charge on any atom is 0.255 e. The number of aryl methyl sites for hydroxylation is 1. The van der Waals surface area contributed by atoms with Crippen molar-refractivity contribution in [3.05, 3.63) is 65.9 Å². The molecule has 2 aromatic carbocycles. The molecule has 0 fully saturated rings. The van der Waals surface area contributed by atoms with Gasteiger partial charge in [0.25, 0.3) is 5.91 Å². The second-order valence-electron chi connectivity index (χ2n) is 5.58. The summed E-state index contributed by atoms with van der Waals surface area (Å²) in [7, 11) is -3.36. The third-order valence-corrected chi connectivity index (χ3v) is 4.85. The predicted octanol–water partition coefficient (Wildman–Crippen LogP) is 3.20. The van der Waals surface area contributed by atoms with Gasteiger partial charge in [-0.15, -0.1) is 0 Å². The predicted molar refractivity (Wildman–Crippen MR) is 94.0 cm³/mol. The Labute approximate surface area is 140 Å². The van der Waals surface area contributed by atoms with Crippen LogP contribution in [0.25, 0.3) is 10.9 Å². The third kappa shape index (κ3) is 3.14. The number of nitrogens with one attached hydrogen (secondary N) is 1. The van der Waals surface area contributed by atoms with Crippen molar-refractivity contribution in [3.63, 3.8) is 0 Å². The maximum atomic E-state index is 12.5. The molecule has 3 rings (SSSR count). The standard InChI is InChI=1S/C18H16N2O3S/c1-12-8-9-16(15-7-4-10-19-17(12)15)20-18(21)13-5-3-6-14(11-13)24(2,22)23/h3-11H,1-2H3,(H,20,21). The Morgan fingerprint density at radius 3 is 2.62 bits per heavy atom. The Hall–Kier alpha value is -2.73. The molecular formula is C18H16N2O3S. The average molecular weight is 340 g/mol. The van der Waals surface area contributed by atoms with Gasteiger partial charge in [0.1, 0.15) is 0 Å². The molecule has 24 heavy (non-hydrogen) atoms. The lowest BCUT2D eigenvalue weighted by atomic mass is 10.1. The summed E-state index contributed by atoms with van der Waals surface area (Å²) in [4.78, 5) is 16.9. The van der Waals surface area contributed by atoms with Crippen molar-refractivity contribution in [2.24, 2.45) is 0 Å². The first-order chi connectivity index (χ1) is 11.4. The lowest BCUT2D eigenvalue weighted by molar-refractivity contribution is 0.102. The average Bonchev–Trinajstić information content (AvgIpc) is 2.57. The van der Waals surface area contributed by atoms with Crippen molar-refractivity contribution in [3.8, 4) is 0 Å². The summed E-state index contributed by atoms with van der Waals surface area (Å²) in [5, 5.41) is 3.67. The number of anilines is 1. The summed E-state index contributed by atoms with van der Waals surface area (Å²) < 4.78 is 23.3. The van der Waals surface area contributed by atoms with Crippen molar-refractivity contribution in [2.75, 3.05) is 11.6 Å². The van der Waals surface area contributed by atoms with Crippen LogP contribution in [0.1, 0.15) is 15.9 Å². The molecule has 0 unspecified atom stereocenters. The molecule has 0 saturated heterocycles. The molecule has 0 aliphatic rings. The van der Waals surface area contributed by atoms with Gasteiger partial charge in [0.15, 0.2) is 9.84 Å². The summed E-state index contributed by atoms with van der Waals surface area (Å²) >= 11 is 0. The minimum absolute atomic E-state index is 0.116. The highest BCUT2D eigenvalue weighted by Gasteiger charge is 2.13. The molecule has 0 spiro atoms. The van der Waals surface area contributed by atoms with Crippen LogP contribution in [-0.4, -0.2) is 25.6 Å². The van der Waals surface area contributed by atoms with Crippen molar-refractivity contribution in [1.29, 1.82) is 0 Å². The van der Waals surface area contributed by atoms with E-state index in [9.17, 15) is 13.2 Å². The molecule has 6 heteroatoms. The Bertz CT molecular complexity index is 1040. The zero-order valence-electron chi connectivity index (χ0n) is 13.3. The first-order valence-electron chi connectivity index (χ1n) is 7.32. The van der Waals surface area contributed by atoms with Gasteiger partial charge in [-0.2, -0.15) is 0 Å². The summed E-state index contributed by atoms with van der Waals surface area (Å²) in [6.07, 6.45) is 2.82. The van der Waals surface area contributed by atoms with Crippen LogP contribution in [0.15, 0.2) is 59.6 Å². The van der Waals surface area contributed by atoms with Gasteiger partial charge < -0.3 is 5.32 Å². The van der Waals surface area contributed by atoms with E-state index >= 15 is 0 Å². The fourth-order valence-corrected chi connectivity index (χ4v) is 3.15. The van der Waals surface area contributed by atoms with E-state index in [4.69, 9.17) is 0 Å². The van der Waals surface area contributed by atoms with Crippen LogP contribution in [-0.2, 0) is 9.84 Å². The normalized spacial score (nSPS) is 11.4. The molecule has 122 valence electrons. The molecule has 5 nitrogen and oxygen atoms in total. The molecule has 0 radical (unpaired) electrons. The molecule has 0 aliphatic heterocycles. The molecule has 0 bridgehead atoms. The number of hydrogen-bond donors (Lipinski definition) is 1. The van der Waals surface area contributed by atoms with Gasteiger partial charge in [-0.25, -0.2) is 8.42 Å². The Morgan fingerprint density at radius 2 is 1.88 bits per heavy atom. The zero-order chi connectivity index (χ0) is 17.3. The Kier molecular flexibility index (Phi) is 4.07. The van der Waals surface area contributed by atoms with Crippen LogP contribution in [0.2, 0.25) is 0 Å². The van der Waals surface area contributed by atoms with Gasteiger partial charge in [0.05, 0.1) is 16.1 Å². The second-order valence-corrected chi connectivity index (χ2v) is 7.60. The van der Waals surface area contributed by atoms with Gasteiger partial charge in [0, 0.05) is 23.4 Å². The lowest BCUT2D eigenvalue weighted by Crippen LogP contribution is -2.13. The van der Waals surface area contributed by atoms with Crippen LogP contribution in [0.3, 0.4) is 0 Å². The van der Waals surface area contributed by atoms with E-state index in [0.29, 0.717) is 5.69 Å². The smallest absolute Gasteiger partial charge is 0.255 e. The number of aromatic nitrogens is 1. The van der Waals surface area contributed by atoms with E-state index in [1.165, 1.54) is 12.1 Å². The third-order valence-electron chi connectivity index (χ3n) is 3.74. The summed E-state index contributed by atoms with van der Waals surface area (Å²) in [5.41, 5.74) is 2.76. The van der Waals surface area contributed by atoms with Crippen LogP contribution < -0.4 is 5.32 Å². The molecule has 3 aromatic rings. The first kappa shape index (κ1) is 16.1. The maximum absolute atomic E-state index is 12.5. The highest BCUT2D eigenvalue weighted by atomic mass is 32.2.